The predicted molar refractivity (Wildman–Crippen MR) is 120 cm³/mol. The molecule has 9 heteroatoms. The van der Waals surface area contributed by atoms with Gasteiger partial charge in [0.2, 0.25) is 11.8 Å². The Morgan fingerprint density at radius 3 is 2.25 bits per heavy atom. The number of urea groups is 1. The number of nitrogens with zero attached hydrogens (tertiary/aromatic N) is 3. The SMILES string of the molecule is CNc1nccc(-c2cccnc2Oc2ccc(NC(=O)Nc3ccc(F)cc3)cc2)n1. The molecule has 4 rings (SSSR count). The van der Waals surface area contributed by atoms with Crippen LogP contribution in [0.3, 0.4) is 0 Å². The first-order chi connectivity index (χ1) is 15.6. The summed E-state index contributed by atoms with van der Waals surface area (Å²) >= 11 is 0. The maximum Gasteiger partial charge on any atom is 0.323 e. The third kappa shape index (κ3) is 5.14. The summed E-state index contributed by atoms with van der Waals surface area (Å²) in [6.45, 7) is 0. The zero-order valence-electron chi connectivity index (χ0n) is 17.0. The molecule has 2 aromatic heterocycles. The number of halogens is 1. The summed E-state index contributed by atoms with van der Waals surface area (Å²) in [5.74, 6) is 1.05. The lowest BCUT2D eigenvalue weighted by Gasteiger charge is -2.11. The quantitative estimate of drug-likeness (QED) is 0.391. The van der Waals surface area contributed by atoms with Crippen molar-refractivity contribution in [3.8, 4) is 22.9 Å². The third-order valence-corrected chi connectivity index (χ3v) is 4.36. The van der Waals surface area contributed by atoms with Gasteiger partial charge in [-0.25, -0.2) is 24.1 Å². The number of hydrogen-bond donors (Lipinski definition) is 3. The lowest BCUT2D eigenvalue weighted by Crippen LogP contribution is -2.19. The van der Waals surface area contributed by atoms with Crippen LogP contribution in [0.5, 0.6) is 11.6 Å². The van der Waals surface area contributed by atoms with E-state index in [0.717, 1.165) is 0 Å². The van der Waals surface area contributed by atoms with Gasteiger partial charge in [-0.05, 0) is 66.7 Å². The molecule has 0 spiro atoms. The van der Waals surface area contributed by atoms with Gasteiger partial charge in [-0.15, -0.1) is 0 Å². The summed E-state index contributed by atoms with van der Waals surface area (Å²) in [6.07, 6.45) is 3.29. The van der Waals surface area contributed by atoms with Crippen LogP contribution in [0.15, 0.2) is 79.1 Å². The summed E-state index contributed by atoms with van der Waals surface area (Å²) in [5, 5.41) is 8.24. The molecule has 0 radical (unpaired) electrons. The zero-order chi connectivity index (χ0) is 22.3. The average molecular weight is 430 g/mol. The van der Waals surface area contributed by atoms with Gasteiger partial charge < -0.3 is 20.7 Å². The Bertz CT molecular complexity index is 1220. The molecule has 0 aliphatic heterocycles. The Morgan fingerprint density at radius 2 is 1.56 bits per heavy atom. The van der Waals surface area contributed by atoms with Gasteiger partial charge in [-0.3, -0.25) is 0 Å². The van der Waals surface area contributed by atoms with E-state index in [1.54, 1.807) is 55.8 Å². The lowest BCUT2D eigenvalue weighted by molar-refractivity contribution is 0.262. The minimum Gasteiger partial charge on any atom is -0.438 e. The number of ether oxygens (including phenoxy) is 1. The molecule has 2 aromatic carbocycles. The number of aromatic nitrogens is 3. The molecule has 3 N–H and O–H groups in total. The van der Waals surface area contributed by atoms with Crippen LogP contribution >= 0.6 is 0 Å². The molecule has 0 aliphatic rings. The molecule has 4 aromatic rings. The normalized spacial score (nSPS) is 10.3. The van der Waals surface area contributed by atoms with Crippen LogP contribution in [0.25, 0.3) is 11.3 Å². The Hall–Kier alpha value is -4.53. The minimum absolute atomic E-state index is 0.371. The second-order valence-electron chi connectivity index (χ2n) is 6.58. The van der Waals surface area contributed by atoms with Crippen LogP contribution in [0.2, 0.25) is 0 Å². The first-order valence-electron chi connectivity index (χ1n) is 9.68. The second-order valence-corrected chi connectivity index (χ2v) is 6.58. The zero-order valence-corrected chi connectivity index (χ0v) is 17.0. The Balaban J connectivity index is 1.44. The molecule has 160 valence electrons. The molecule has 8 nitrogen and oxygen atoms in total. The molecule has 0 atom stereocenters. The van der Waals surface area contributed by atoms with Gasteiger partial charge in [-0.1, -0.05) is 0 Å². The van der Waals surface area contributed by atoms with Crippen molar-refractivity contribution < 1.29 is 13.9 Å². The highest BCUT2D eigenvalue weighted by Crippen LogP contribution is 2.30. The van der Waals surface area contributed by atoms with Crippen LogP contribution in [-0.4, -0.2) is 28.0 Å². The van der Waals surface area contributed by atoms with E-state index < -0.39 is 6.03 Å². The number of anilines is 3. The number of amides is 2. The van der Waals surface area contributed by atoms with E-state index in [1.165, 1.54) is 24.3 Å². The largest absolute Gasteiger partial charge is 0.438 e. The van der Waals surface area contributed by atoms with Crippen molar-refractivity contribution in [3.05, 3.63) is 84.9 Å². The molecule has 0 bridgehead atoms. The number of carbonyl (C=O) groups is 1. The fourth-order valence-electron chi connectivity index (χ4n) is 2.84. The van der Waals surface area contributed by atoms with Gasteiger partial charge in [0.1, 0.15) is 11.6 Å². The maximum absolute atomic E-state index is 13.0. The number of carbonyl (C=O) groups excluding carboxylic acids is 1. The van der Waals surface area contributed by atoms with Gasteiger partial charge in [0.05, 0.1) is 11.3 Å². The summed E-state index contributed by atoms with van der Waals surface area (Å²) in [4.78, 5) is 25.0. The van der Waals surface area contributed by atoms with Crippen molar-refractivity contribution in [2.45, 2.75) is 0 Å². The van der Waals surface area contributed by atoms with Gasteiger partial charge in [-0.2, -0.15) is 0 Å². The van der Waals surface area contributed by atoms with Crippen molar-refractivity contribution in [2.75, 3.05) is 23.0 Å². The molecular weight excluding hydrogens is 411 g/mol. The highest BCUT2D eigenvalue weighted by molar-refractivity contribution is 5.99. The molecular formula is C23H19FN6O2. The molecule has 0 saturated heterocycles. The number of benzene rings is 2. The van der Waals surface area contributed by atoms with Gasteiger partial charge in [0.25, 0.3) is 0 Å². The highest BCUT2D eigenvalue weighted by atomic mass is 19.1. The fourth-order valence-corrected chi connectivity index (χ4v) is 2.84. The number of nitrogens with one attached hydrogen (secondary N) is 3. The molecule has 2 amide bonds. The van der Waals surface area contributed by atoms with Crippen LogP contribution < -0.4 is 20.7 Å². The summed E-state index contributed by atoms with van der Waals surface area (Å²) < 4.78 is 18.9. The Morgan fingerprint density at radius 1 is 0.875 bits per heavy atom. The summed E-state index contributed by atoms with van der Waals surface area (Å²) in [5.41, 5.74) is 2.43. The van der Waals surface area contributed by atoms with Crippen molar-refractivity contribution in [1.29, 1.82) is 0 Å². The van der Waals surface area contributed by atoms with Crippen molar-refractivity contribution in [1.82, 2.24) is 15.0 Å². The van der Waals surface area contributed by atoms with Gasteiger partial charge >= 0.3 is 6.03 Å². The number of hydrogen-bond acceptors (Lipinski definition) is 6. The monoisotopic (exact) mass is 430 g/mol. The molecule has 2 heterocycles. The van der Waals surface area contributed by atoms with E-state index in [-0.39, 0.29) is 5.82 Å². The number of rotatable bonds is 6. The van der Waals surface area contributed by atoms with Crippen LogP contribution in [0, 0.1) is 5.82 Å². The predicted octanol–water partition coefficient (Wildman–Crippen LogP) is 5.16. The molecule has 0 unspecified atom stereocenters. The number of pyridine rings is 1. The Kier molecular flexibility index (Phi) is 6.17. The summed E-state index contributed by atoms with van der Waals surface area (Å²) in [7, 11) is 1.75. The average Bonchev–Trinajstić information content (AvgIpc) is 2.82. The van der Waals surface area contributed by atoms with E-state index in [2.05, 4.69) is 30.9 Å². The maximum atomic E-state index is 13.0. The standard InChI is InChI=1S/C23H19FN6O2/c1-25-22-27-14-12-20(30-22)19-3-2-13-26-21(19)32-18-10-8-17(9-11-18)29-23(31)28-16-6-4-15(24)5-7-16/h2-14H,1H3,(H,25,27,30)(H2,28,29,31). The highest BCUT2D eigenvalue weighted by Gasteiger charge is 2.11. The Labute approximate surface area is 183 Å². The molecule has 0 fully saturated rings. The third-order valence-electron chi connectivity index (χ3n) is 4.36. The summed E-state index contributed by atoms with van der Waals surface area (Å²) in [6, 6.07) is 17.3. The minimum atomic E-state index is -0.443. The first-order valence-corrected chi connectivity index (χ1v) is 9.68. The van der Waals surface area contributed by atoms with Gasteiger partial charge in [0.15, 0.2) is 0 Å². The van der Waals surface area contributed by atoms with E-state index in [4.69, 9.17) is 4.74 Å². The van der Waals surface area contributed by atoms with Crippen molar-refractivity contribution in [3.63, 3.8) is 0 Å². The van der Waals surface area contributed by atoms with Crippen molar-refractivity contribution in [2.24, 2.45) is 0 Å². The lowest BCUT2D eigenvalue weighted by atomic mass is 10.2. The van der Waals surface area contributed by atoms with E-state index >= 15 is 0 Å². The van der Waals surface area contributed by atoms with Crippen LogP contribution in [0.4, 0.5) is 26.5 Å². The van der Waals surface area contributed by atoms with E-state index in [1.807, 2.05) is 6.07 Å². The van der Waals surface area contributed by atoms with Gasteiger partial charge in [0, 0.05) is 30.8 Å². The second kappa shape index (κ2) is 9.52. The molecule has 0 saturated carbocycles. The molecule has 0 aliphatic carbocycles. The molecule has 32 heavy (non-hydrogen) atoms. The first kappa shape index (κ1) is 20.7. The van der Waals surface area contributed by atoms with Crippen LogP contribution in [-0.2, 0) is 0 Å². The fraction of sp³-hybridized carbons (Fsp3) is 0.0435. The van der Waals surface area contributed by atoms with Crippen LogP contribution in [0.1, 0.15) is 0 Å². The smallest absolute Gasteiger partial charge is 0.323 e. The van der Waals surface area contributed by atoms with Crippen molar-refractivity contribution >= 4 is 23.4 Å². The topological polar surface area (TPSA) is 101 Å². The van der Waals surface area contributed by atoms with E-state index in [9.17, 15) is 9.18 Å². The van der Waals surface area contributed by atoms with E-state index in [0.29, 0.717) is 40.2 Å².